The molecule has 5 nitrogen and oxygen atoms in total. The quantitative estimate of drug-likeness (QED) is 0.904. The molecule has 0 aliphatic carbocycles. The number of anilines is 2. The van der Waals surface area contributed by atoms with Gasteiger partial charge in [-0.2, -0.15) is 0 Å². The van der Waals surface area contributed by atoms with Crippen molar-refractivity contribution in [3.8, 4) is 0 Å². The molecule has 0 saturated heterocycles. The molecule has 0 saturated carbocycles. The van der Waals surface area contributed by atoms with Crippen LogP contribution in [-0.4, -0.2) is 15.7 Å². The summed E-state index contributed by atoms with van der Waals surface area (Å²) in [5.74, 6) is 0.0572. The van der Waals surface area contributed by atoms with E-state index >= 15 is 0 Å². The summed E-state index contributed by atoms with van der Waals surface area (Å²) >= 11 is 5.90. The Kier molecular flexibility index (Phi) is 4.25. The fourth-order valence-electron chi connectivity index (χ4n) is 1.42. The minimum Gasteiger partial charge on any atom is -0.406 e. The third-order valence-electron chi connectivity index (χ3n) is 2.41. The fourth-order valence-corrected chi connectivity index (χ4v) is 1.64. The molecule has 20 heavy (non-hydrogen) atoms. The number of halogens is 2. The topological polar surface area (TPSA) is 63.0 Å². The van der Waals surface area contributed by atoms with Crippen LogP contribution in [0.15, 0.2) is 22.6 Å². The number of benzene rings is 1. The number of nitrogens with one attached hydrogen (secondary N) is 2. The van der Waals surface area contributed by atoms with Crippen molar-refractivity contribution in [3.05, 3.63) is 34.9 Å². The van der Waals surface area contributed by atoms with Crippen LogP contribution in [0.4, 0.5) is 16.1 Å². The van der Waals surface area contributed by atoms with Gasteiger partial charge in [0.2, 0.25) is 5.89 Å². The van der Waals surface area contributed by atoms with E-state index in [1.54, 1.807) is 0 Å². The van der Waals surface area contributed by atoms with E-state index in [1.165, 1.54) is 18.2 Å². The maximum atomic E-state index is 12.9. The number of aromatic nitrogens is 2. The Bertz CT molecular complexity index is 594. The van der Waals surface area contributed by atoms with Gasteiger partial charge in [0.25, 0.3) is 0 Å². The lowest BCUT2D eigenvalue weighted by Crippen LogP contribution is -2.35. The zero-order chi connectivity index (χ0) is 14.8. The fraction of sp³-hybridized carbons (Fsp3) is 0.385. The first-order chi connectivity index (χ1) is 9.33. The van der Waals surface area contributed by atoms with E-state index in [4.69, 9.17) is 16.0 Å². The first-order valence-corrected chi connectivity index (χ1v) is 6.51. The lowest BCUT2D eigenvalue weighted by atomic mass is 10.1. The highest BCUT2D eigenvalue weighted by molar-refractivity contribution is 6.33. The third kappa shape index (κ3) is 4.18. The van der Waals surface area contributed by atoms with Gasteiger partial charge in [-0.25, -0.2) is 4.39 Å². The molecule has 0 atom stereocenters. The van der Waals surface area contributed by atoms with Crippen LogP contribution >= 0.6 is 11.6 Å². The van der Waals surface area contributed by atoms with Crippen molar-refractivity contribution in [3.63, 3.8) is 0 Å². The van der Waals surface area contributed by atoms with E-state index in [9.17, 15) is 4.39 Å². The monoisotopic (exact) mass is 298 g/mol. The predicted octanol–water partition coefficient (Wildman–Crippen LogP) is 3.49. The summed E-state index contributed by atoms with van der Waals surface area (Å²) in [6, 6.07) is 4.23. The second-order valence-corrected chi connectivity index (χ2v) is 5.76. The summed E-state index contributed by atoms with van der Waals surface area (Å²) in [6.45, 7) is 6.60. The number of nitrogens with zero attached hydrogens (tertiary/aromatic N) is 2. The summed E-state index contributed by atoms with van der Waals surface area (Å²) < 4.78 is 18.4. The predicted molar refractivity (Wildman–Crippen MR) is 75.6 cm³/mol. The highest BCUT2D eigenvalue weighted by Crippen LogP contribution is 2.25. The lowest BCUT2D eigenvalue weighted by Gasteiger charge is -2.18. The normalized spacial score (nSPS) is 11.7. The van der Waals surface area contributed by atoms with E-state index in [-0.39, 0.29) is 16.6 Å². The first-order valence-electron chi connectivity index (χ1n) is 6.13. The van der Waals surface area contributed by atoms with E-state index in [1.807, 2.05) is 20.8 Å². The van der Waals surface area contributed by atoms with Gasteiger partial charge >= 0.3 is 6.01 Å². The van der Waals surface area contributed by atoms with Crippen molar-refractivity contribution in [1.82, 2.24) is 15.5 Å². The van der Waals surface area contributed by atoms with Crippen LogP contribution < -0.4 is 10.6 Å². The van der Waals surface area contributed by atoms with Gasteiger partial charge in [0.1, 0.15) is 5.82 Å². The Morgan fingerprint density at radius 2 is 2.05 bits per heavy atom. The molecule has 7 heteroatoms. The van der Waals surface area contributed by atoms with Gasteiger partial charge < -0.3 is 15.1 Å². The van der Waals surface area contributed by atoms with Crippen molar-refractivity contribution in [1.29, 1.82) is 0 Å². The maximum absolute atomic E-state index is 12.9. The molecule has 0 aliphatic heterocycles. The molecule has 2 rings (SSSR count). The zero-order valence-electron chi connectivity index (χ0n) is 11.5. The standard InChI is InChI=1S/C13H16ClFN4O/c1-13(2,3)16-7-11-18-19-12(20-11)17-10-5-4-8(15)6-9(10)14/h4-6,16H,7H2,1-3H3,(H,17,19). The Labute approximate surface area is 121 Å². The molecule has 108 valence electrons. The van der Waals surface area contributed by atoms with Crippen molar-refractivity contribution in [2.45, 2.75) is 32.9 Å². The summed E-state index contributed by atoms with van der Waals surface area (Å²) in [5.41, 5.74) is 0.467. The third-order valence-corrected chi connectivity index (χ3v) is 2.72. The van der Waals surface area contributed by atoms with E-state index < -0.39 is 5.82 Å². The van der Waals surface area contributed by atoms with Gasteiger partial charge in [-0.05, 0) is 39.0 Å². The average molecular weight is 299 g/mol. The molecule has 0 aliphatic rings. The van der Waals surface area contributed by atoms with Gasteiger partial charge in [-0.15, -0.1) is 5.10 Å². The molecule has 2 aromatic rings. The van der Waals surface area contributed by atoms with Crippen LogP contribution in [0.2, 0.25) is 5.02 Å². The Balaban J connectivity index is 2.02. The van der Waals surface area contributed by atoms with Crippen molar-refractivity contribution in [2.75, 3.05) is 5.32 Å². The summed E-state index contributed by atoms with van der Waals surface area (Å²) in [5, 5.41) is 14.1. The molecule has 0 radical (unpaired) electrons. The van der Waals surface area contributed by atoms with Crippen LogP contribution in [-0.2, 0) is 6.54 Å². The minimum absolute atomic E-state index is 0.0394. The van der Waals surface area contributed by atoms with Gasteiger partial charge in [-0.1, -0.05) is 16.7 Å². The maximum Gasteiger partial charge on any atom is 0.320 e. The van der Waals surface area contributed by atoms with Crippen LogP contribution in [0.1, 0.15) is 26.7 Å². The van der Waals surface area contributed by atoms with Crippen molar-refractivity contribution >= 4 is 23.3 Å². The highest BCUT2D eigenvalue weighted by atomic mass is 35.5. The van der Waals surface area contributed by atoms with Crippen LogP contribution in [0, 0.1) is 5.82 Å². The van der Waals surface area contributed by atoms with Crippen LogP contribution in [0.3, 0.4) is 0 Å². The Morgan fingerprint density at radius 1 is 1.30 bits per heavy atom. The smallest absolute Gasteiger partial charge is 0.320 e. The molecule has 0 amide bonds. The SMILES string of the molecule is CC(C)(C)NCc1nnc(Nc2ccc(F)cc2Cl)o1. The molecule has 0 fully saturated rings. The lowest BCUT2D eigenvalue weighted by molar-refractivity contribution is 0.384. The summed E-state index contributed by atoms with van der Waals surface area (Å²) in [6.07, 6.45) is 0. The molecule has 0 bridgehead atoms. The highest BCUT2D eigenvalue weighted by Gasteiger charge is 2.13. The molecule has 1 aromatic heterocycles. The van der Waals surface area contributed by atoms with Gasteiger partial charge in [-0.3, -0.25) is 0 Å². The van der Waals surface area contributed by atoms with E-state index in [2.05, 4.69) is 20.8 Å². The molecule has 1 heterocycles. The molecular formula is C13H16ClFN4O. The molecular weight excluding hydrogens is 283 g/mol. The van der Waals surface area contributed by atoms with E-state index in [0.717, 1.165) is 0 Å². The summed E-state index contributed by atoms with van der Waals surface area (Å²) in [7, 11) is 0. The van der Waals surface area contributed by atoms with Gasteiger partial charge in [0, 0.05) is 5.54 Å². The molecule has 1 aromatic carbocycles. The van der Waals surface area contributed by atoms with Crippen molar-refractivity contribution < 1.29 is 8.81 Å². The zero-order valence-corrected chi connectivity index (χ0v) is 12.3. The largest absolute Gasteiger partial charge is 0.406 e. The molecule has 0 spiro atoms. The van der Waals surface area contributed by atoms with Crippen LogP contribution in [0.5, 0.6) is 0 Å². The Hall–Kier alpha value is -1.66. The molecule has 2 N–H and O–H groups in total. The average Bonchev–Trinajstić information content (AvgIpc) is 2.77. The van der Waals surface area contributed by atoms with Crippen LogP contribution in [0.25, 0.3) is 0 Å². The Morgan fingerprint density at radius 3 is 2.70 bits per heavy atom. The first kappa shape index (κ1) is 14.7. The second-order valence-electron chi connectivity index (χ2n) is 5.35. The number of hydrogen-bond donors (Lipinski definition) is 2. The van der Waals surface area contributed by atoms with Gasteiger partial charge in [0.05, 0.1) is 17.3 Å². The van der Waals surface area contributed by atoms with Gasteiger partial charge in [0.15, 0.2) is 0 Å². The number of hydrogen-bond acceptors (Lipinski definition) is 5. The minimum atomic E-state index is -0.402. The number of rotatable bonds is 4. The van der Waals surface area contributed by atoms with Crippen molar-refractivity contribution in [2.24, 2.45) is 0 Å². The van der Waals surface area contributed by atoms with E-state index in [0.29, 0.717) is 18.1 Å². The second kappa shape index (κ2) is 5.76. The summed E-state index contributed by atoms with van der Waals surface area (Å²) in [4.78, 5) is 0. The molecule has 0 unspecified atom stereocenters.